The van der Waals surface area contributed by atoms with Gasteiger partial charge >= 0.3 is 0 Å². The molecule has 0 spiro atoms. The molecule has 2 aromatic rings. The summed E-state index contributed by atoms with van der Waals surface area (Å²) >= 11 is 0. The number of carbonyl (C=O) groups is 1. The van der Waals surface area contributed by atoms with Crippen LogP contribution in [0.3, 0.4) is 0 Å². The first-order valence-electron chi connectivity index (χ1n) is 7.91. The SMILES string of the molecule is CCCC1CCN(c2nc3ccccc3cc2C=O)CC1. The van der Waals surface area contributed by atoms with Gasteiger partial charge in [0.1, 0.15) is 5.82 Å². The predicted molar refractivity (Wildman–Crippen MR) is 87.0 cm³/mol. The summed E-state index contributed by atoms with van der Waals surface area (Å²) in [6.07, 6.45) is 5.94. The van der Waals surface area contributed by atoms with E-state index in [0.717, 1.165) is 42.0 Å². The minimum atomic E-state index is 0.711. The molecule has 1 fully saturated rings. The summed E-state index contributed by atoms with van der Waals surface area (Å²) in [5.74, 6) is 1.70. The average molecular weight is 282 g/mol. The van der Waals surface area contributed by atoms with Gasteiger partial charge in [-0.25, -0.2) is 4.98 Å². The maximum atomic E-state index is 11.4. The van der Waals surface area contributed by atoms with Crippen molar-refractivity contribution in [2.45, 2.75) is 32.6 Å². The third-order valence-electron chi connectivity index (χ3n) is 4.47. The van der Waals surface area contributed by atoms with Gasteiger partial charge in [-0.3, -0.25) is 4.79 Å². The smallest absolute Gasteiger partial charge is 0.153 e. The van der Waals surface area contributed by atoms with Crippen LogP contribution in [0.4, 0.5) is 5.82 Å². The van der Waals surface area contributed by atoms with Crippen LogP contribution in [0.1, 0.15) is 43.0 Å². The number of pyridine rings is 1. The quantitative estimate of drug-likeness (QED) is 0.793. The Morgan fingerprint density at radius 2 is 2.05 bits per heavy atom. The molecule has 1 aromatic heterocycles. The number of para-hydroxylation sites is 1. The number of aromatic nitrogens is 1. The van der Waals surface area contributed by atoms with Gasteiger partial charge in [0.15, 0.2) is 6.29 Å². The van der Waals surface area contributed by atoms with E-state index in [1.165, 1.54) is 25.7 Å². The average Bonchev–Trinajstić information content (AvgIpc) is 2.54. The molecule has 0 bridgehead atoms. The van der Waals surface area contributed by atoms with Crippen molar-refractivity contribution in [3.63, 3.8) is 0 Å². The summed E-state index contributed by atoms with van der Waals surface area (Å²) < 4.78 is 0. The number of fused-ring (bicyclic) bond motifs is 1. The van der Waals surface area contributed by atoms with Crippen LogP contribution >= 0.6 is 0 Å². The van der Waals surface area contributed by atoms with Crippen molar-refractivity contribution in [3.05, 3.63) is 35.9 Å². The molecule has 2 heterocycles. The monoisotopic (exact) mass is 282 g/mol. The lowest BCUT2D eigenvalue weighted by molar-refractivity contribution is 0.112. The zero-order chi connectivity index (χ0) is 14.7. The van der Waals surface area contributed by atoms with E-state index < -0.39 is 0 Å². The van der Waals surface area contributed by atoms with Crippen LogP contribution in [-0.4, -0.2) is 24.4 Å². The molecule has 0 radical (unpaired) electrons. The molecule has 0 atom stereocenters. The number of rotatable bonds is 4. The highest BCUT2D eigenvalue weighted by atomic mass is 16.1. The summed E-state index contributed by atoms with van der Waals surface area (Å²) in [6, 6.07) is 9.95. The van der Waals surface area contributed by atoms with Crippen molar-refractivity contribution in [3.8, 4) is 0 Å². The van der Waals surface area contributed by atoms with Crippen molar-refractivity contribution in [1.29, 1.82) is 0 Å². The molecule has 1 aliphatic rings. The molecule has 1 aliphatic heterocycles. The van der Waals surface area contributed by atoms with Gasteiger partial charge in [0, 0.05) is 18.5 Å². The van der Waals surface area contributed by atoms with Gasteiger partial charge in [-0.15, -0.1) is 0 Å². The molecule has 0 saturated carbocycles. The summed E-state index contributed by atoms with van der Waals surface area (Å²) in [4.78, 5) is 18.4. The third-order valence-corrected chi connectivity index (χ3v) is 4.47. The number of carbonyl (C=O) groups excluding carboxylic acids is 1. The van der Waals surface area contributed by atoms with Gasteiger partial charge in [0.05, 0.1) is 11.1 Å². The van der Waals surface area contributed by atoms with Crippen LogP contribution in [0.5, 0.6) is 0 Å². The third kappa shape index (κ3) is 2.92. The van der Waals surface area contributed by atoms with Crippen LogP contribution < -0.4 is 4.90 Å². The van der Waals surface area contributed by atoms with Crippen molar-refractivity contribution in [2.75, 3.05) is 18.0 Å². The number of benzene rings is 1. The molecule has 110 valence electrons. The van der Waals surface area contributed by atoms with E-state index in [1.807, 2.05) is 30.3 Å². The fourth-order valence-corrected chi connectivity index (χ4v) is 3.30. The molecule has 1 saturated heterocycles. The first-order chi connectivity index (χ1) is 10.3. The van der Waals surface area contributed by atoms with Crippen LogP contribution in [-0.2, 0) is 0 Å². The topological polar surface area (TPSA) is 33.2 Å². The maximum absolute atomic E-state index is 11.4. The minimum absolute atomic E-state index is 0.711. The van der Waals surface area contributed by atoms with Crippen LogP contribution in [0.15, 0.2) is 30.3 Å². The Bertz CT molecular complexity index is 630. The van der Waals surface area contributed by atoms with Gasteiger partial charge in [0.2, 0.25) is 0 Å². The fourth-order valence-electron chi connectivity index (χ4n) is 3.30. The Hall–Kier alpha value is -1.90. The van der Waals surface area contributed by atoms with Crippen LogP contribution in [0, 0.1) is 5.92 Å². The first kappa shape index (κ1) is 14.1. The highest BCUT2D eigenvalue weighted by Crippen LogP contribution is 2.28. The van der Waals surface area contributed by atoms with Gasteiger partial charge in [-0.05, 0) is 30.9 Å². The molecule has 21 heavy (non-hydrogen) atoms. The Morgan fingerprint density at radius 3 is 2.76 bits per heavy atom. The van der Waals surface area contributed by atoms with Gasteiger partial charge in [-0.2, -0.15) is 0 Å². The Balaban J connectivity index is 1.88. The number of hydrogen-bond acceptors (Lipinski definition) is 3. The number of anilines is 1. The molecule has 0 N–H and O–H groups in total. The van der Waals surface area contributed by atoms with E-state index in [-0.39, 0.29) is 0 Å². The summed E-state index contributed by atoms with van der Waals surface area (Å²) in [5, 5.41) is 1.03. The maximum Gasteiger partial charge on any atom is 0.153 e. The van der Waals surface area contributed by atoms with Crippen LogP contribution in [0.25, 0.3) is 10.9 Å². The lowest BCUT2D eigenvalue weighted by Gasteiger charge is -2.33. The van der Waals surface area contributed by atoms with E-state index in [2.05, 4.69) is 11.8 Å². The highest BCUT2D eigenvalue weighted by Gasteiger charge is 2.21. The number of nitrogens with zero attached hydrogens (tertiary/aromatic N) is 2. The zero-order valence-corrected chi connectivity index (χ0v) is 12.6. The van der Waals surface area contributed by atoms with Crippen molar-refractivity contribution in [1.82, 2.24) is 4.98 Å². The molecule has 3 nitrogen and oxygen atoms in total. The van der Waals surface area contributed by atoms with Gasteiger partial charge < -0.3 is 4.90 Å². The lowest BCUT2D eigenvalue weighted by Crippen LogP contribution is -2.34. The first-order valence-corrected chi connectivity index (χ1v) is 7.91. The summed E-state index contributed by atoms with van der Waals surface area (Å²) in [7, 11) is 0. The number of aldehydes is 1. The van der Waals surface area contributed by atoms with Crippen molar-refractivity contribution in [2.24, 2.45) is 5.92 Å². The molecule has 3 rings (SSSR count). The molecule has 1 aromatic carbocycles. The van der Waals surface area contributed by atoms with E-state index in [0.29, 0.717) is 5.56 Å². The zero-order valence-electron chi connectivity index (χ0n) is 12.6. The second-order valence-electron chi connectivity index (χ2n) is 5.93. The Labute approximate surface area is 126 Å². The minimum Gasteiger partial charge on any atom is -0.356 e. The summed E-state index contributed by atoms with van der Waals surface area (Å²) in [6.45, 7) is 4.27. The molecule has 0 unspecified atom stereocenters. The predicted octanol–water partition coefficient (Wildman–Crippen LogP) is 4.06. The normalized spacial score (nSPS) is 16.3. The molecular weight excluding hydrogens is 260 g/mol. The van der Waals surface area contributed by atoms with Crippen molar-refractivity contribution < 1.29 is 4.79 Å². The van der Waals surface area contributed by atoms with Gasteiger partial charge in [-0.1, -0.05) is 38.0 Å². The second kappa shape index (κ2) is 6.25. The Morgan fingerprint density at radius 1 is 1.29 bits per heavy atom. The van der Waals surface area contributed by atoms with E-state index in [9.17, 15) is 4.79 Å². The van der Waals surface area contributed by atoms with E-state index in [4.69, 9.17) is 4.98 Å². The van der Waals surface area contributed by atoms with Crippen LogP contribution in [0.2, 0.25) is 0 Å². The van der Waals surface area contributed by atoms with Gasteiger partial charge in [0.25, 0.3) is 0 Å². The molecule has 3 heteroatoms. The number of piperidine rings is 1. The second-order valence-corrected chi connectivity index (χ2v) is 5.93. The van der Waals surface area contributed by atoms with Crippen molar-refractivity contribution >= 4 is 23.0 Å². The van der Waals surface area contributed by atoms with E-state index >= 15 is 0 Å². The van der Waals surface area contributed by atoms with E-state index in [1.54, 1.807) is 0 Å². The highest BCUT2D eigenvalue weighted by molar-refractivity contribution is 5.91. The summed E-state index contributed by atoms with van der Waals surface area (Å²) in [5.41, 5.74) is 1.68. The standard InChI is InChI=1S/C18H22N2O/c1-2-5-14-8-10-20(11-9-14)18-16(13-21)12-15-6-3-4-7-17(15)19-18/h3-4,6-7,12-14H,2,5,8-11H2,1H3. The molecule has 0 amide bonds. The molecule has 0 aliphatic carbocycles. The fraction of sp³-hybridized carbons (Fsp3) is 0.444. The Kier molecular flexibility index (Phi) is 4.18. The lowest BCUT2D eigenvalue weighted by atomic mass is 9.92. The molecular formula is C18H22N2O. The number of hydrogen-bond donors (Lipinski definition) is 0. The largest absolute Gasteiger partial charge is 0.356 e.